The predicted octanol–water partition coefficient (Wildman–Crippen LogP) is 2.44. The SMILES string of the molecule is CCCc1nc(NCc2ccccn2)cc(OC)n1. The molecule has 0 saturated heterocycles. The average molecular weight is 258 g/mol. The molecular formula is C14H18N4O. The van der Waals surface area contributed by atoms with Crippen molar-refractivity contribution >= 4 is 5.82 Å². The Hall–Kier alpha value is -2.17. The first kappa shape index (κ1) is 13.3. The second-order valence-electron chi connectivity index (χ2n) is 4.14. The van der Waals surface area contributed by atoms with E-state index in [4.69, 9.17) is 4.74 Å². The van der Waals surface area contributed by atoms with Crippen molar-refractivity contribution in [3.05, 3.63) is 42.0 Å². The molecular weight excluding hydrogens is 240 g/mol. The fraction of sp³-hybridized carbons (Fsp3) is 0.357. The Bertz CT molecular complexity index is 516. The lowest BCUT2D eigenvalue weighted by Gasteiger charge is -2.08. The van der Waals surface area contributed by atoms with Crippen LogP contribution >= 0.6 is 0 Å². The van der Waals surface area contributed by atoms with Crippen molar-refractivity contribution in [2.45, 2.75) is 26.3 Å². The molecule has 0 saturated carbocycles. The van der Waals surface area contributed by atoms with Gasteiger partial charge in [-0.2, -0.15) is 4.98 Å². The molecule has 100 valence electrons. The standard InChI is InChI=1S/C14H18N4O/c1-3-6-12-17-13(9-14(18-12)19-2)16-10-11-7-4-5-8-15-11/h4-5,7-9H,3,6,10H2,1-2H3,(H,16,17,18). The second kappa shape index (κ2) is 6.68. The zero-order chi connectivity index (χ0) is 13.5. The molecule has 1 N–H and O–H groups in total. The van der Waals surface area contributed by atoms with Gasteiger partial charge in [0.15, 0.2) is 0 Å². The Morgan fingerprint density at radius 2 is 2.16 bits per heavy atom. The Morgan fingerprint density at radius 3 is 2.84 bits per heavy atom. The topological polar surface area (TPSA) is 59.9 Å². The first-order chi connectivity index (χ1) is 9.31. The zero-order valence-electron chi connectivity index (χ0n) is 11.3. The van der Waals surface area contributed by atoms with Crippen LogP contribution in [0.4, 0.5) is 5.82 Å². The van der Waals surface area contributed by atoms with Crippen molar-refractivity contribution in [2.24, 2.45) is 0 Å². The van der Waals surface area contributed by atoms with Crippen LogP contribution < -0.4 is 10.1 Å². The summed E-state index contributed by atoms with van der Waals surface area (Å²) in [5, 5.41) is 3.24. The maximum Gasteiger partial charge on any atom is 0.218 e. The highest BCUT2D eigenvalue weighted by Gasteiger charge is 2.04. The third-order valence-electron chi connectivity index (χ3n) is 2.61. The van der Waals surface area contributed by atoms with E-state index in [1.807, 2.05) is 18.2 Å². The van der Waals surface area contributed by atoms with E-state index in [9.17, 15) is 0 Å². The molecule has 2 rings (SSSR count). The van der Waals surface area contributed by atoms with Gasteiger partial charge in [-0.25, -0.2) is 4.98 Å². The quantitative estimate of drug-likeness (QED) is 0.862. The molecule has 5 heteroatoms. The van der Waals surface area contributed by atoms with Gasteiger partial charge in [-0.1, -0.05) is 13.0 Å². The van der Waals surface area contributed by atoms with E-state index >= 15 is 0 Å². The number of hydrogen-bond donors (Lipinski definition) is 1. The molecule has 2 heterocycles. The Balaban J connectivity index is 2.08. The van der Waals surface area contributed by atoms with Gasteiger partial charge in [0.25, 0.3) is 0 Å². The average Bonchev–Trinajstić information content (AvgIpc) is 2.46. The molecule has 0 aliphatic rings. The van der Waals surface area contributed by atoms with Crippen LogP contribution in [-0.4, -0.2) is 22.1 Å². The van der Waals surface area contributed by atoms with Crippen LogP contribution in [-0.2, 0) is 13.0 Å². The number of ether oxygens (including phenoxy) is 1. The number of pyridine rings is 1. The first-order valence-electron chi connectivity index (χ1n) is 6.37. The largest absolute Gasteiger partial charge is 0.481 e. The molecule has 0 radical (unpaired) electrons. The summed E-state index contributed by atoms with van der Waals surface area (Å²) in [6.07, 6.45) is 3.63. The molecule has 19 heavy (non-hydrogen) atoms. The maximum absolute atomic E-state index is 5.19. The molecule has 0 amide bonds. The van der Waals surface area contributed by atoms with Crippen LogP contribution in [0.15, 0.2) is 30.5 Å². The molecule has 2 aromatic rings. The molecule has 0 aliphatic heterocycles. The number of rotatable bonds is 6. The van der Waals surface area contributed by atoms with Crippen molar-refractivity contribution in [2.75, 3.05) is 12.4 Å². The lowest BCUT2D eigenvalue weighted by Crippen LogP contribution is -2.06. The highest BCUT2D eigenvalue weighted by molar-refractivity contribution is 5.38. The van der Waals surface area contributed by atoms with E-state index in [-0.39, 0.29) is 0 Å². The monoisotopic (exact) mass is 258 g/mol. The van der Waals surface area contributed by atoms with Crippen molar-refractivity contribution in [1.29, 1.82) is 0 Å². The Kier molecular flexibility index (Phi) is 4.66. The number of methoxy groups -OCH3 is 1. The minimum atomic E-state index is 0.585. The molecule has 0 spiro atoms. The molecule has 0 aromatic carbocycles. The van der Waals surface area contributed by atoms with Crippen LogP contribution in [0.5, 0.6) is 5.88 Å². The van der Waals surface area contributed by atoms with E-state index in [1.165, 1.54) is 0 Å². The molecule has 0 bridgehead atoms. The van der Waals surface area contributed by atoms with Gasteiger partial charge in [0.05, 0.1) is 19.3 Å². The Morgan fingerprint density at radius 1 is 1.26 bits per heavy atom. The van der Waals surface area contributed by atoms with Crippen LogP contribution in [0.3, 0.4) is 0 Å². The van der Waals surface area contributed by atoms with Gasteiger partial charge >= 0.3 is 0 Å². The van der Waals surface area contributed by atoms with E-state index < -0.39 is 0 Å². The predicted molar refractivity (Wildman–Crippen MR) is 74.1 cm³/mol. The lowest BCUT2D eigenvalue weighted by molar-refractivity contribution is 0.395. The lowest BCUT2D eigenvalue weighted by atomic mass is 10.3. The molecule has 0 fully saturated rings. The smallest absolute Gasteiger partial charge is 0.218 e. The van der Waals surface area contributed by atoms with Gasteiger partial charge < -0.3 is 10.1 Å². The number of hydrogen-bond acceptors (Lipinski definition) is 5. The first-order valence-corrected chi connectivity index (χ1v) is 6.37. The zero-order valence-corrected chi connectivity index (χ0v) is 11.3. The molecule has 0 aliphatic carbocycles. The van der Waals surface area contributed by atoms with Crippen LogP contribution in [0, 0.1) is 0 Å². The van der Waals surface area contributed by atoms with Gasteiger partial charge in [-0.05, 0) is 18.6 Å². The van der Waals surface area contributed by atoms with Gasteiger partial charge in [-0.3, -0.25) is 4.98 Å². The van der Waals surface area contributed by atoms with Gasteiger partial charge in [-0.15, -0.1) is 0 Å². The fourth-order valence-corrected chi connectivity index (χ4v) is 1.69. The summed E-state index contributed by atoms with van der Waals surface area (Å²) >= 11 is 0. The van der Waals surface area contributed by atoms with Gasteiger partial charge in [0, 0.05) is 18.7 Å². The highest BCUT2D eigenvalue weighted by atomic mass is 16.5. The summed E-state index contributed by atoms with van der Waals surface area (Å²) in [4.78, 5) is 13.0. The van der Waals surface area contributed by atoms with Crippen molar-refractivity contribution in [3.8, 4) is 5.88 Å². The normalized spacial score (nSPS) is 10.2. The summed E-state index contributed by atoms with van der Waals surface area (Å²) in [5.74, 6) is 2.15. The number of nitrogens with zero attached hydrogens (tertiary/aromatic N) is 3. The number of nitrogens with one attached hydrogen (secondary N) is 1. The fourth-order valence-electron chi connectivity index (χ4n) is 1.69. The van der Waals surface area contributed by atoms with Crippen molar-refractivity contribution < 1.29 is 4.74 Å². The van der Waals surface area contributed by atoms with E-state index in [0.29, 0.717) is 12.4 Å². The number of aryl methyl sites for hydroxylation is 1. The minimum Gasteiger partial charge on any atom is -0.481 e. The Labute approximate surface area is 113 Å². The van der Waals surface area contributed by atoms with Crippen molar-refractivity contribution in [3.63, 3.8) is 0 Å². The molecule has 5 nitrogen and oxygen atoms in total. The van der Waals surface area contributed by atoms with Gasteiger partial charge in [0.1, 0.15) is 11.6 Å². The summed E-state index contributed by atoms with van der Waals surface area (Å²) in [7, 11) is 1.61. The summed E-state index contributed by atoms with van der Waals surface area (Å²) in [6, 6.07) is 7.63. The van der Waals surface area contributed by atoms with Crippen LogP contribution in [0.2, 0.25) is 0 Å². The molecule has 2 aromatic heterocycles. The van der Waals surface area contributed by atoms with Crippen LogP contribution in [0.1, 0.15) is 24.9 Å². The van der Waals surface area contributed by atoms with Crippen molar-refractivity contribution in [1.82, 2.24) is 15.0 Å². The number of aromatic nitrogens is 3. The van der Waals surface area contributed by atoms with Gasteiger partial charge in [0.2, 0.25) is 5.88 Å². The minimum absolute atomic E-state index is 0.585. The summed E-state index contributed by atoms with van der Waals surface area (Å²) in [5.41, 5.74) is 0.970. The van der Waals surface area contributed by atoms with E-state index in [2.05, 4.69) is 27.2 Å². The van der Waals surface area contributed by atoms with E-state index in [0.717, 1.165) is 30.2 Å². The third-order valence-corrected chi connectivity index (χ3v) is 2.61. The molecule has 0 atom stereocenters. The summed E-state index contributed by atoms with van der Waals surface area (Å²) in [6.45, 7) is 2.73. The maximum atomic E-state index is 5.19. The van der Waals surface area contributed by atoms with Crippen LogP contribution in [0.25, 0.3) is 0 Å². The van der Waals surface area contributed by atoms with E-state index in [1.54, 1.807) is 19.4 Å². The third kappa shape index (κ3) is 3.91. The summed E-state index contributed by atoms with van der Waals surface area (Å²) < 4.78 is 5.19. The number of anilines is 1. The second-order valence-corrected chi connectivity index (χ2v) is 4.14. The highest BCUT2D eigenvalue weighted by Crippen LogP contribution is 2.14. The molecule has 0 unspecified atom stereocenters.